The van der Waals surface area contributed by atoms with Crippen molar-refractivity contribution in [2.75, 3.05) is 34.0 Å². The fourth-order valence-corrected chi connectivity index (χ4v) is 6.33. The molecule has 12 N–H and O–H groups in total. The molecule has 5 rings (SSSR count). The lowest BCUT2D eigenvalue weighted by molar-refractivity contribution is -0.323. The van der Waals surface area contributed by atoms with Crippen LogP contribution in [0.15, 0.2) is 60.4 Å². The number of aliphatic hydroxyl groups is 12. The number of carbonyl (C=O) groups excluding carboxylic acids is 1. The predicted octanol–water partition coefficient (Wildman–Crippen LogP) is -3.38. The topological polar surface area (TPSA) is 334 Å². The van der Waals surface area contributed by atoms with Crippen molar-refractivity contribution in [3.8, 4) is 23.0 Å². The molecular weight excluding hydrogens is 804 g/mol. The van der Waals surface area contributed by atoms with Gasteiger partial charge in [0, 0.05) is 6.08 Å². The molecule has 21 heteroatoms. The van der Waals surface area contributed by atoms with E-state index in [0.29, 0.717) is 11.1 Å². The smallest absolute Gasteiger partial charge is 0.229 e. The second-order valence-corrected chi connectivity index (χ2v) is 13.9. The molecule has 3 fully saturated rings. The SMILES string of the molecule is COc1cc(C=CC(O)=CC(=O)C=Cc2ccc(OC3OC(COC4OC(CO)C(O)C(O)C4O)C(O)C(O)C3O)c(OC)c2)ccc1OC1OC(CO)C(O)C(O)C1O. The highest BCUT2D eigenvalue weighted by atomic mass is 16.7. The Morgan fingerprint density at radius 3 is 1.45 bits per heavy atom. The zero-order valence-corrected chi connectivity index (χ0v) is 32.2. The molecule has 15 unspecified atom stereocenters. The zero-order chi connectivity index (χ0) is 43.8. The molecule has 332 valence electrons. The standard InChI is InChI=1S/C39H50O21/c1-53-23-11-17(5-9-21(23)56-38-35(51)32(48)29(45)26(15-41)59-38)3-7-19(42)13-20(43)8-4-18-6-10-22(24(12-18)54-2)57-39-36(52)33(49)30(46)27(60-39)16-55-37-34(50)31(47)28(44)25(14-40)58-37/h3-13,25-42,44-52H,14-16H2,1-2H3. The van der Waals surface area contributed by atoms with Crippen LogP contribution >= 0.6 is 0 Å². The number of carbonyl (C=O) groups is 1. The van der Waals surface area contributed by atoms with Gasteiger partial charge in [0.25, 0.3) is 0 Å². The number of benzene rings is 2. The van der Waals surface area contributed by atoms with E-state index in [1.165, 1.54) is 68.9 Å². The van der Waals surface area contributed by atoms with Gasteiger partial charge in [-0.1, -0.05) is 24.3 Å². The van der Waals surface area contributed by atoms with E-state index in [1.807, 2.05) is 0 Å². The van der Waals surface area contributed by atoms with E-state index in [-0.39, 0.29) is 23.0 Å². The average molecular weight is 855 g/mol. The molecule has 2 aromatic carbocycles. The lowest BCUT2D eigenvalue weighted by atomic mass is 9.98. The lowest BCUT2D eigenvalue weighted by Crippen LogP contribution is -2.62. The summed E-state index contributed by atoms with van der Waals surface area (Å²) >= 11 is 0. The monoisotopic (exact) mass is 854 g/mol. The molecule has 0 radical (unpaired) electrons. The van der Waals surface area contributed by atoms with Crippen LogP contribution in [0.4, 0.5) is 0 Å². The van der Waals surface area contributed by atoms with Gasteiger partial charge in [0.2, 0.25) is 12.6 Å². The van der Waals surface area contributed by atoms with E-state index in [1.54, 1.807) is 6.07 Å². The fraction of sp³-hybridized carbons (Fsp3) is 0.513. The minimum absolute atomic E-state index is 0.0232. The van der Waals surface area contributed by atoms with E-state index >= 15 is 0 Å². The summed E-state index contributed by atoms with van der Waals surface area (Å²) in [5, 5.41) is 122. The number of hydrogen-bond acceptors (Lipinski definition) is 21. The lowest BCUT2D eigenvalue weighted by Gasteiger charge is -2.42. The Bertz CT molecular complexity index is 1820. The molecule has 3 saturated heterocycles. The molecule has 2 aromatic rings. The number of allylic oxidation sites excluding steroid dienone is 3. The quantitative estimate of drug-likeness (QED) is 0.0445. The molecule has 3 aliphatic heterocycles. The highest BCUT2D eigenvalue weighted by Crippen LogP contribution is 2.34. The summed E-state index contributed by atoms with van der Waals surface area (Å²) in [6, 6.07) is 8.94. The van der Waals surface area contributed by atoms with Crippen molar-refractivity contribution in [2.45, 2.75) is 92.1 Å². The highest BCUT2D eigenvalue weighted by Gasteiger charge is 2.48. The summed E-state index contributed by atoms with van der Waals surface area (Å²) in [5.41, 5.74) is 0.944. The van der Waals surface area contributed by atoms with E-state index < -0.39 is 123 Å². The summed E-state index contributed by atoms with van der Waals surface area (Å²) < 4.78 is 43.9. The molecule has 15 atom stereocenters. The van der Waals surface area contributed by atoms with Crippen LogP contribution in [0, 0.1) is 0 Å². The molecular formula is C39H50O21. The van der Waals surface area contributed by atoms with Crippen molar-refractivity contribution in [3.05, 3.63) is 71.5 Å². The number of methoxy groups -OCH3 is 2. The first-order valence-electron chi connectivity index (χ1n) is 18.5. The summed E-state index contributed by atoms with van der Waals surface area (Å²) in [6.07, 6.45) is -17.3. The fourth-order valence-electron chi connectivity index (χ4n) is 6.33. The third kappa shape index (κ3) is 11.0. The first-order valence-corrected chi connectivity index (χ1v) is 18.5. The van der Waals surface area contributed by atoms with Crippen LogP contribution in [0.5, 0.6) is 23.0 Å². The van der Waals surface area contributed by atoms with Crippen molar-refractivity contribution in [2.24, 2.45) is 0 Å². The first-order chi connectivity index (χ1) is 28.6. The van der Waals surface area contributed by atoms with Gasteiger partial charge in [0.1, 0.15) is 79.0 Å². The maximum atomic E-state index is 12.6. The molecule has 0 bridgehead atoms. The summed E-state index contributed by atoms with van der Waals surface area (Å²) in [6.45, 7) is -1.89. The number of ketones is 1. The third-order valence-corrected chi connectivity index (χ3v) is 9.83. The van der Waals surface area contributed by atoms with Crippen LogP contribution in [0.1, 0.15) is 11.1 Å². The van der Waals surface area contributed by atoms with Gasteiger partial charge in [-0.25, -0.2) is 0 Å². The summed E-state index contributed by atoms with van der Waals surface area (Å²) in [5.74, 6) is -0.597. The first kappa shape index (κ1) is 46.8. The number of aliphatic hydroxyl groups excluding tert-OH is 12. The molecule has 21 nitrogen and oxygen atoms in total. The normalized spacial score (nSPS) is 35.1. The van der Waals surface area contributed by atoms with Crippen LogP contribution in [0.3, 0.4) is 0 Å². The van der Waals surface area contributed by atoms with Crippen LogP contribution in [-0.2, 0) is 23.7 Å². The zero-order valence-electron chi connectivity index (χ0n) is 32.2. The van der Waals surface area contributed by atoms with Gasteiger partial charge in [-0.15, -0.1) is 0 Å². The maximum absolute atomic E-state index is 12.6. The second kappa shape index (κ2) is 21.0. The summed E-state index contributed by atoms with van der Waals surface area (Å²) in [4.78, 5) is 12.6. The molecule has 0 aromatic heterocycles. The van der Waals surface area contributed by atoms with E-state index in [0.717, 1.165) is 6.08 Å². The van der Waals surface area contributed by atoms with Gasteiger partial charge >= 0.3 is 0 Å². The molecule has 0 aliphatic carbocycles. The van der Waals surface area contributed by atoms with Crippen molar-refractivity contribution >= 4 is 17.9 Å². The molecule has 0 spiro atoms. The molecule has 3 aliphatic rings. The number of ether oxygens (including phenoxy) is 8. The molecule has 0 saturated carbocycles. The van der Waals surface area contributed by atoms with Crippen LogP contribution in [-0.4, -0.2) is 193 Å². The molecule has 3 heterocycles. The van der Waals surface area contributed by atoms with Gasteiger partial charge in [-0.2, -0.15) is 0 Å². The largest absolute Gasteiger partial charge is 0.508 e. The Labute approximate surface area is 342 Å². The van der Waals surface area contributed by atoms with Crippen molar-refractivity contribution < 1.29 is 104 Å². The Hall–Kier alpha value is -4.27. The van der Waals surface area contributed by atoms with Crippen molar-refractivity contribution in [1.82, 2.24) is 0 Å². The summed E-state index contributed by atoms with van der Waals surface area (Å²) in [7, 11) is 2.67. The van der Waals surface area contributed by atoms with Crippen LogP contribution < -0.4 is 18.9 Å². The maximum Gasteiger partial charge on any atom is 0.229 e. The van der Waals surface area contributed by atoms with Crippen molar-refractivity contribution in [3.63, 3.8) is 0 Å². The third-order valence-electron chi connectivity index (χ3n) is 9.83. The van der Waals surface area contributed by atoms with Gasteiger partial charge in [-0.3, -0.25) is 4.79 Å². The Morgan fingerprint density at radius 1 is 0.567 bits per heavy atom. The average Bonchev–Trinajstić information content (AvgIpc) is 3.25. The van der Waals surface area contributed by atoms with Crippen molar-refractivity contribution in [1.29, 1.82) is 0 Å². The van der Waals surface area contributed by atoms with Gasteiger partial charge < -0.3 is 99.2 Å². The van der Waals surface area contributed by atoms with Crippen LogP contribution in [0.25, 0.3) is 12.2 Å². The van der Waals surface area contributed by atoms with E-state index in [4.69, 9.17) is 37.9 Å². The Balaban J connectivity index is 1.18. The van der Waals surface area contributed by atoms with Gasteiger partial charge in [0.15, 0.2) is 35.1 Å². The van der Waals surface area contributed by atoms with E-state index in [2.05, 4.69) is 0 Å². The Kier molecular flexibility index (Phi) is 16.4. The van der Waals surface area contributed by atoms with Gasteiger partial charge in [0.05, 0.1) is 34.0 Å². The number of rotatable bonds is 16. The minimum atomic E-state index is -1.79. The van der Waals surface area contributed by atoms with E-state index in [9.17, 15) is 66.1 Å². The molecule has 0 amide bonds. The Morgan fingerprint density at radius 2 is 0.983 bits per heavy atom. The minimum Gasteiger partial charge on any atom is -0.508 e. The van der Waals surface area contributed by atoms with Gasteiger partial charge in [-0.05, 0) is 47.5 Å². The predicted molar refractivity (Wildman–Crippen MR) is 201 cm³/mol. The number of hydrogen-bond donors (Lipinski definition) is 12. The highest BCUT2D eigenvalue weighted by molar-refractivity contribution is 6.02. The van der Waals surface area contributed by atoms with Crippen LogP contribution in [0.2, 0.25) is 0 Å². The second-order valence-electron chi connectivity index (χ2n) is 13.9. The molecule has 60 heavy (non-hydrogen) atoms.